The Morgan fingerprint density at radius 2 is 2.04 bits per heavy atom. The van der Waals surface area contributed by atoms with Crippen LogP contribution in [0, 0.1) is 5.92 Å². The molecule has 0 aromatic rings. The first-order valence-corrected chi connectivity index (χ1v) is 9.97. The summed E-state index contributed by atoms with van der Waals surface area (Å²) in [6, 6.07) is 0.264. The van der Waals surface area contributed by atoms with E-state index in [4.69, 9.17) is 9.73 Å². The number of ether oxygens (including phenoxy) is 1. The Kier molecular flexibility index (Phi) is 7.70. The number of nitrogens with one attached hydrogen (secondary N) is 2. The molecule has 1 amide bonds. The summed E-state index contributed by atoms with van der Waals surface area (Å²) < 4.78 is 5.55. The Balaban J connectivity index is 1.97. The molecule has 0 aromatic heterocycles. The molecule has 0 bridgehead atoms. The van der Waals surface area contributed by atoms with Gasteiger partial charge in [0.2, 0.25) is 5.91 Å². The maximum Gasteiger partial charge on any atom is 0.225 e. The van der Waals surface area contributed by atoms with Gasteiger partial charge in [-0.3, -0.25) is 9.79 Å². The van der Waals surface area contributed by atoms with Gasteiger partial charge in [-0.15, -0.1) is 0 Å². The van der Waals surface area contributed by atoms with Gasteiger partial charge in [-0.1, -0.05) is 13.8 Å². The van der Waals surface area contributed by atoms with E-state index < -0.39 is 0 Å². The van der Waals surface area contributed by atoms with Crippen molar-refractivity contribution in [1.29, 1.82) is 0 Å². The van der Waals surface area contributed by atoms with Crippen molar-refractivity contribution in [2.45, 2.75) is 51.6 Å². The molecule has 1 atom stereocenters. The molecule has 7 heteroatoms. The van der Waals surface area contributed by atoms with Crippen molar-refractivity contribution in [3.63, 3.8) is 0 Å². The number of nitrogens with zero attached hydrogens (tertiary/aromatic N) is 3. The van der Waals surface area contributed by atoms with Gasteiger partial charge in [-0.2, -0.15) is 0 Å². The van der Waals surface area contributed by atoms with Crippen LogP contribution in [0.3, 0.4) is 0 Å². The van der Waals surface area contributed by atoms with Crippen LogP contribution in [0.4, 0.5) is 0 Å². The maximum atomic E-state index is 12.2. The third kappa shape index (κ3) is 5.33. The number of carbonyl (C=O) groups excluding carboxylic acids is 1. The molecule has 2 N–H and O–H groups in total. The fourth-order valence-electron chi connectivity index (χ4n) is 3.68. The molecule has 2 aliphatic heterocycles. The molecule has 2 fully saturated rings. The van der Waals surface area contributed by atoms with Gasteiger partial charge in [0.15, 0.2) is 5.96 Å². The van der Waals surface area contributed by atoms with Crippen LogP contribution in [0.15, 0.2) is 4.99 Å². The number of likely N-dealkylation sites (N-methyl/N-ethyl adjacent to an activating group) is 1. The van der Waals surface area contributed by atoms with Crippen LogP contribution in [-0.2, 0) is 9.53 Å². The van der Waals surface area contributed by atoms with Gasteiger partial charge in [0.1, 0.15) is 0 Å². The molecule has 2 heterocycles. The molecule has 26 heavy (non-hydrogen) atoms. The first kappa shape index (κ1) is 21.0. The van der Waals surface area contributed by atoms with E-state index in [0.29, 0.717) is 0 Å². The zero-order valence-electron chi connectivity index (χ0n) is 17.2. The van der Waals surface area contributed by atoms with Crippen molar-refractivity contribution >= 4 is 11.9 Å². The monoisotopic (exact) mass is 367 g/mol. The number of aliphatic imine (C=N–C) groups is 1. The molecule has 7 nitrogen and oxygen atoms in total. The maximum absolute atomic E-state index is 12.2. The average molecular weight is 368 g/mol. The standard InChI is InChI=1S/C19H37N5O2/c1-6-20-18(21-14-19(23(4)5)8-11-26-12-9-19)22-16-7-10-24(13-16)17(25)15(2)3/h15-16H,6-14H2,1-5H3,(H2,20,21,22). The third-order valence-corrected chi connectivity index (χ3v) is 5.58. The van der Waals surface area contributed by atoms with Crippen LogP contribution in [0.5, 0.6) is 0 Å². The van der Waals surface area contributed by atoms with Crippen LogP contribution in [0.2, 0.25) is 0 Å². The van der Waals surface area contributed by atoms with E-state index in [1.807, 2.05) is 18.7 Å². The second-order valence-corrected chi connectivity index (χ2v) is 8.00. The zero-order valence-corrected chi connectivity index (χ0v) is 17.2. The zero-order chi connectivity index (χ0) is 19.2. The summed E-state index contributed by atoms with van der Waals surface area (Å²) in [6.45, 7) is 10.8. The van der Waals surface area contributed by atoms with Crippen molar-refractivity contribution in [1.82, 2.24) is 20.4 Å². The van der Waals surface area contributed by atoms with Crippen LogP contribution in [0.25, 0.3) is 0 Å². The fourth-order valence-corrected chi connectivity index (χ4v) is 3.68. The van der Waals surface area contributed by atoms with Crippen molar-refractivity contribution in [2.75, 3.05) is 53.5 Å². The van der Waals surface area contributed by atoms with Crippen LogP contribution < -0.4 is 10.6 Å². The van der Waals surface area contributed by atoms with Gasteiger partial charge in [-0.25, -0.2) is 0 Å². The first-order chi connectivity index (χ1) is 12.4. The lowest BCUT2D eigenvalue weighted by molar-refractivity contribution is -0.133. The number of likely N-dealkylation sites (tertiary alicyclic amines) is 1. The molecule has 0 aromatic carbocycles. The lowest BCUT2D eigenvalue weighted by Crippen LogP contribution is -2.52. The van der Waals surface area contributed by atoms with E-state index in [1.54, 1.807) is 0 Å². The van der Waals surface area contributed by atoms with Gasteiger partial charge in [0, 0.05) is 50.3 Å². The van der Waals surface area contributed by atoms with E-state index in [9.17, 15) is 4.79 Å². The second-order valence-electron chi connectivity index (χ2n) is 8.00. The Morgan fingerprint density at radius 1 is 1.35 bits per heavy atom. The highest BCUT2D eigenvalue weighted by Gasteiger charge is 2.35. The summed E-state index contributed by atoms with van der Waals surface area (Å²) in [5, 5.41) is 6.89. The van der Waals surface area contributed by atoms with Crippen LogP contribution >= 0.6 is 0 Å². The van der Waals surface area contributed by atoms with Crippen LogP contribution in [0.1, 0.15) is 40.0 Å². The molecule has 0 radical (unpaired) electrons. The lowest BCUT2D eigenvalue weighted by atomic mass is 9.89. The second kappa shape index (κ2) is 9.55. The predicted molar refractivity (Wildman–Crippen MR) is 105 cm³/mol. The molecule has 2 aliphatic rings. The van der Waals surface area contributed by atoms with Gasteiger partial charge in [0.05, 0.1) is 6.54 Å². The normalized spacial score (nSPS) is 23.6. The summed E-state index contributed by atoms with van der Waals surface area (Å²) in [4.78, 5) is 21.3. The summed E-state index contributed by atoms with van der Waals surface area (Å²) in [5.74, 6) is 1.15. The minimum Gasteiger partial charge on any atom is -0.381 e. The summed E-state index contributed by atoms with van der Waals surface area (Å²) in [6.07, 6.45) is 2.97. The molecule has 0 saturated carbocycles. The van der Waals surface area contributed by atoms with E-state index in [2.05, 4.69) is 36.6 Å². The molecular weight excluding hydrogens is 330 g/mol. The van der Waals surface area contributed by atoms with Gasteiger partial charge in [-0.05, 0) is 40.3 Å². The smallest absolute Gasteiger partial charge is 0.225 e. The Hall–Kier alpha value is -1.34. The van der Waals surface area contributed by atoms with E-state index >= 15 is 0 Å². The van der Waals surface area contributed by atoms with Crippen molar-refractivity contribution < 1.29 is 9.53 Å². The molecule has 1 unspecified atom stereocenters. The number of hydrogen-bond acceptors (Lipinski definition) is 4. The number of carbonyl (C=O) groups is 1. The summed E-state index contributed by atoms with van der Waals surface area (Å²) >= 11 is 0. The highest BCUT2D eigenvalue weighted by atomic mass is 16.5. The SMILES string of the molecule is CCNC(=NCC1(N(C)C)CCOCC1)NC1CCN(C(=O)C(C)C)C1. The van der Waals surface area contributed by atoms with E-state index in [-0.39, 0.29) is 23.4 Å². The minimum absolute atomic E-state index is 0.0594. The molecule has 0 spiro atoms. The number of hydrogen-bond donors (Lipinski definition) is 2. The van der Waals surface area contributed by atoms with E-state index in [0.717, 1.165) is 64.6 Å². The van der Waals surface area contributed by atoms with Crippen molar-refractivity contribution in [3.8, 4) is 0 Å². The molecule has 0 aliphatic carbocycles. The lowest BCUT2D eigenvalue weighted by Gasteiger charge is -2.41. The molecule has 2 saturated heterocycles. The van der Waals surface area contributed by atoms with Gasteiger partial charge >= 0.3 is 0 Å². The summed E-state index contributed by atoms with van der Waals surface area (Å²) in [5.41, 5.74) is 0.0654. The van der Waals surface area contributed by atoms with Crippen molar-refractivity contribution in [2.24, 2.45) is 10.9 Å². The summed E-state index contributed by atoms with van der Waals surface area (Å²) in [7, 11) is 4.27. The molecule has 2 rings (SSSR count). The molecule has 150 valence electrons. The highest BCUT2D eigenvalue weighted by Crippen LogP contribution is 2.26. The Morgan fingerprint density at radius 3 is 2.62 bits per heavy atom. The minimum atomic E-state index is 0.0594. The quantitative estimate of drug-likeness (QED) is 0.539. The first-order valence-electron chi connectivity index (χ1n) is 9.97. The average Bonchev–Trinajstić information content (AvgIpc) is 3.08. The molecular formula is C19H37N5O2. The van der Waals surface area contributed by atoms with Crippen LogP contribution in [-0.4, -0.2) is 86.7 Å². The highest BCUT2D eigenvalue weighted by molar-refractivity contribution is 5.81. The van der Waals surface area contributed by atoms with Gasteiger partial charge < -0.3 is 25.2 Å². The Bertz CT molecular complexity index is 486. The number of rotatable bonds is 6. The topological polar surface area (TPSA) is 69.2 Å². The van der Waals surface area contributed by atoms with Crippen molar-refractivity contribution in [3.05, 3.63) is 0 Å². The fraction of sp³-hybridized carbons (Fsp3) is 0.895. The number of guanidine groups is 1. The van der Waals surface area contributed by atoms with E-state index in [1.165, 1.54) is 0 Å². The predicted octanol–water partition coefficient (Wildman–Crippen LogP) is 0.909. The van der Waals surface area contributed by atoms with Gasteiger partial charge in [0.25, 0.3) is 0 Å². The Labute approximate surface area is 158 Å². The number of amides is 1. The largest absolute Gasteiger partial charge is 0.381 e. The third-order valence-electron chi connectivity index (χ3n) is 5.58.